The lowest BCUT2D eigenvalue weighted by Gasteiger charge is -2.32. The Morgan fingerprint density at radius 3 is 2.41 bits per heavy atom. The highest BCUT2D eigenvalue weighted by Gasteiger charge is 2.40. The van der Waals surface area contributed by atoms with Gasteiger partial charge in [-0.25, -0.2) is 0 Å². The summed E-state index contributed by atoms with van der Waals surface area (Å²) in [4.78, 5) is 71.7. The summed E-state index contributed by atoms with van der Waals surface area (Å²) in [7, 11) is 1.20. The Balaban J connectivity index is 2.84. The first-order valence-corrected chi connectivity index (χ1v) is 11.2. The molecule has 12 heteroatoms. The van der Waals surface area contributed by atoms with Gasteiger partial charge in [-0.15, -0.1) is 0 Å². The van der Waals surface area contributed by atoms with Gasteiger partial charge in [0.05, 0.1) is 26.4 Å². The van der Waals surface area contributed by atoms with E-state index in [1.165, 1.54) is 7.11 Å². The molecule has 1 fully saturated rings. The van der Waals surface area contributed by atoms with Gasteiger partial charge in [-0.05, 0) is 0 Å². The van der Waals surface area contributed by atoms with Crippen LogP contribution in [0.25, 0.3) is 0 Å². The molecule has 2 amide bonds. The lowest BCUT2D eigenvalue weighted by molar-refractivity contribution is -0.169. The molecule has 0 unspecified atom stereocenters. The van der Waals surface area contributed by atoms with E-state index in [1.54, 1.807) is 13.8 Å². The van der Waals surface area contributed by atoms with E-state index < -0.39 is 35.3 Å². The maximum atomic E-state index is 12.7. The van der Waals surface area contributed by atoms with E-state index in [0.29, 0.717) is 12.3 Å². The zero-order valence-corrected chi connectivity index (χ0v) is 19.3. The molecule has 0 aromatic rings. The van der Waals surface area contributed by atoms with Crippen molar-refractivity contribution in [3.8, 4) is 0 Å². The normalized spacial score (nSPS) is 19.5. The molecule has 1 heterocycles. The van der Waals surface area contributed by atoms with Crippen LogP contribution in [0.3, 0.4) is 0 Å². The molecule has 0 spiro atoms. The predicted octanol–water partition coefficient (Wildman–Crippen LogP) is 0.0969. The van der Waals surface area contributed by atoms with E-state index in [9.17, 15) is 28.8 Å². The summed E-state index contributed by atoms with van der Waals surface area (Å²) in [6.07, 6.45) is -1.96. The Kier molecular flexibility index (Phi) is 11.7. The molecule has 1 aliphatic heterocycles. The number of ether oxygens (including phenoxy) is 3. The van der Waals surface area contributed by atoms with E-state index in [-0.39, 0.29) is 56.3 Å². The van der Waals surface area contributed by atoms with Crippen molar-refractivity contribution < 1.29 is 43.0 Å². The van der Waals surface area contributed by atoms with E-state index in [4.69, 9.17) is 9.47 Å². The van der Waals surface area contributed by atoms with Gasteiger partial charge in [-0.2, -0.15) is 0 Å². The van der Waals surface area contributed by atoms with Gasteiger partial charge in [0.25, 0.3) is 5.91 Å². The summed E-state index contributed by atoms with van der Waals surface area (Å²) in [5.41, 5.74) is -1.13. The third-order valence-electron chi connectivity index (χ3n) is 4.44. The van der Waals surface area contributed by atoms with Crippen LogP contribution >= 0.6 is 11.8 Å². The molecule has 0 aromatic heterocycles. The van der Waals surface area contributed by atoms with Crippen LogP contribution in [0.2, 0.25) is 0 Å². The SMILES string of the molecule is COC(=O)CCC(=O)OCC(C)(C)[C@H]1OC(=O)CCC(=O)SCCNC(=O)CCNC1=O. The summed E-state index contributed by atoms with van der Waals surface area (Å²) >= 11 is 1.00. The van der Waals surface area contributed by atoms with Gasteiger partial charge in [0.15, 0.2) is 11.2 Å². The molecular weight excluding hydrogens is 444 g/mol. The second kappa shape index (κ2) is 13.7. The van der Waals surface area contributed by atoms with Crippen LogP contribution in [0.5, 0.6) is 0 Å². The predicted molar refractivity (Wildman–Crippen MR) is 113 cm³/mol. The molecule has 1 atom stereocenters. The Bertz CT molecular complexity index is 724. The lowest BCUT2D eigenvalue weighted by Crippen LogP contribution is -2.49. The molecule has 1 aliphatic rings. The van der Waals surface area contributed by atoms with E-state index in [0.717, 1.165) is 11.8 Å². The first kappa shape index (κ1) is 27.4. The highest BCUT2D eigenvalue weighted by molar-refractivity contribution is 8.13. The van der Waals surface area contributed by atoms with Gasteiger partial charge in [-0.3, -0.25) is 28.8 Å². The monoisotopic (exact) mass is 474 g/mol. The lowest BCUT2D eigenvalue weighted by atomic mass is 9.86. The minimum atomic E-state index is -1.33. The van der Waals surface area contributed by atoms with E-state index in [2.05, 4.69) is 15.4 Å². The topological polar surface area (TPSA) is 154 Å². The van der Waals surface area contributed by atoms with Crippen LogP contribution in [0, 0.1) is 5.41 Å². The number of esters is 3. The van der Waals surface area contributed by atoms with Gasteiger partial charge >= 0.3 is 17.9 Å². The summed E-state index contributed by atoms with van der Waals surface area (Å²) in [6.45, 7) is 3.18. The summed E-state index contributed by atoms with van der Waals surface area (Å²) in [6, 6.07) is 0. The van der Waals surface area contributed by atoms with Gasteiger partial charge in [0.2, 0.25) is 5.91 Å². The smallest absolute Gasteiger partial charge is 0.307 e. The molecule has 0 saturated carbocycles. The van der Waals surface area contributed by atoms with Crippen molar-refractivity contribution in [1.82, 2.24) is 10.6 Å². The average molecular weight is 475 g/mol. The standard InChI is InChI=1S/C20H30N2O9S/c1-20(2,12-30-15(25)5-4-14(24)29-3)18-19(28)22-9-8-13(23)21-10-11-32-17(27)7-6-16(26)31-18/h18H,4-12H2,1-3H3,(H,21,23)(H,22,28)/t18-/m0/s1. The molecular formula is C20H30N2O9S. The third-order valence-corrected chi connectivity index (χ3v) is 5.37. The molecule has 2 N–H and O–H groups in total. The van der Waals surface area contributed by atoms with Crippen molar-refractivity contribution in [1.29, 1.82) is 0 Å². The van der Waals surface area contributed by atoms with Crippen LogP contribution in [-0.4, -0.2) is 73.5 Å². The van der Waals surface area contributed by atoms with Crippen LogP contribution in [0.1, 0.15) is 46.0 Å². The highest BCUT2D eigenvalue weighted by atomic mass is 32.2. The Labute approximate surface area is 190 Å². The number of nitrogens with one attached hydrogen (secondary N) is 2. The van der Waals surface area contributed by atoms with E-state index in [1.807, 2.05) is 0 Å². The fourth-order valence-corrected chi connectivity index (χ4v) is 3.27. The fourth-order valence-electron chi connectivity index (χ4n) is 2.59. The van der Waals surface area contributed by atoms with Gasteiger partial charge < -0.3 is 24.8 Å². The number of hydrogen-bond acceptors (Lipinski definition) is 10. The molecule has 11 nitrogen and oxygen atoms in total. The summed E-state index contributed by atoms with van der Waals surface area (Å²) in [5, 5.41) is 4.96. The second-order valence-corrected chi connectivity index (χ2v) is 8.86. The maximum absolute atomic E-state index is 12.7. The molecule has 0 radical (unpaired) electrons. The summed E-state index contributed by atoms with van der Waals surface area (Å²) in [5.74, 6) is -2.55. The number of methoxy groups -OCH3 is 1. The quantitative estimate of drug-likeness (QED) is 0.400. The first-order chi connectivity index (χ1) is 15.0. The molecule has 0 aromatic carbocycles. The number of carbonyl (C=O) groups is 6. The highest BCUT2D eigenvalue weighted by Crippen LogP contribution is 2.26. The van der Waals surface area contributed by atoms with Crippen LogP contribution in [-0.2, 0) is 43.0 Å². The van der Waals surface area contributed by atoms with Gasteiger partial charge in [0.1, 0.15) is 6.61 Å². The van der Waals surface area contributed by atoms with Crippen molar-refractivity contribution in [2.24, 2.45) is 5.41 Å². The van der Waals surface area contributed by atoms with Crippen molar-refractivity contribution in [2.45, 2.75) is 52.1 Å². The first-order valence-electron chi connectivity index (χ1n) is 10.2. The van der Waals surface area contributed by atoms with Crippen molar-refractivity contribution in [2.75, 3.05) is 32.6 Å². The second-order valence-electron chi connectivity index (χ2n) is 7.71. The third kappa shape index (κ3) is 10.6. The number of hydrogen-bond donors (Lipinski definition) is 2. The Hall–Kier alpha value is -2.63. The molecule has 0 bridgehead atoms. The largest absolute Gasteiger partial charge is 0.469 e. The minimum Gasteiger partial charge on any atom is -0.469 e. The molecule has 180 valence electrons. The van der Waals surface area contributed by atoms with Crippen LogP contribution < -0.4 is 10.6 Å². The molecule has 1 saturated heterocycles. The fraction of sp³-hybridized carbons (Fsp3) is 0.700. The number of cyclic esters (lactones) is 1. The zero-order chi connectivity index (χ0) is 24.1. The van der Waals surface area contributed by atoms with Crippen molar-refractivity contribution >= 4 is 46.6 Å². The molecule has 1 rings (SSSR count). The molecule has 32 heavy (non-hydrogen) atoms. The Morgan fingerprint density at radius 1 is 1.03 bits per heavy atom. The Morgan fingerprint density at radius 2 is 1.72 bits per heavy atom. The van der Waals surface area contributed by atoms with Gasteiger partial charge in [-0.1, -0.05) is 25.6 Å². The van der Waals surface area contributed by atoms with Crippen molar-refractivity contribution in [3.05, 3.63) is 0 Å². The van der Waals surface area contributed by atoms with Crippen LogP contribution in [0.4, 0.5) is 0 Å². The van der Waals surface area contributed by atoms with Crippen LogP contribution in [0.15, 0.2) is 0 Å². The van der Waals surface area contributed by atoms with Gasteiger partial charge in [0, 0.05) is 37.1 Å². The molecule has 0 aliphatic carbocycles. The van der Waals surface area contributed by atoms with Crippen molar-refractivity contribution in [3.63, 3.8) is 0 Å². The average Bonchev–Trinajstić information content (AvgIpc) is 2.75. The number of thioether (sulfide) groups is 1. The van der Waals surface area contributed by atoms with E-state index >= 15 is 0 Å². The number of amides is 2. The summed E-state index contributed by atoms with van der Waals surface area (Å²) < 4.78 is 15.0. The zero-order valence-electron chi connectivity index (χ0n) is 18.5. The minimum absolute atomic E-state index is 0.00790. The maximum Gasteiger partial charge on any atom is 0.307 e. The number of rotatable bonds is 6. The number of carbonyl (C=O) groups excluding carboxylic acids is 6.